The number of aromatic nitrogens is 1. The molecule has 0 atom stereocenters. The SMILES string of the molecule is CC.Cc1ccc2cccc(C(C)C)c2n1. The van der Waals surface area contributed by atoms with Crippen molar-refractivity contribution in [1.29, 1.82) is 0 Å². The zero-order valence-electron chi connectivity index (χ0n) is 10.9. The second-order valence-corrected chi connectivity index (χ2v) is 4.03. The van der Waals surface area contributed by atoms with E-state index in [2.05, 4.69) is 49.2 Å². The molecule has 0 N–H and O–H groups in total. The highest BCUT2D eigenvalue weighted by Gasteiger charge is 2.05. The van der Waals surface area contributed by atoms with Crippen LogP contribution in [0.5, 0.6) is 0 Å². The van der Waals surface area contributed by atoms with Crippen LogP contribution in [0, 0.1) is 6.92 Å². The summed E-state index contributed by atoms with van der Waals surface area (Å²) in [5.74, 6) is 0.535. The standard InChI is InChI=1S/C13H15N.C2H6/c1-9(2)12-6-4-5-11-8-7-10(3)14-13(11)12;1-2/h4-9H,1-3H3;1-2H3. The maximum atomic E-state index is 4.60. The van der Waals surface area contributed by atoms with Gasteiger partial charge in [0.05, 0.1) is 5.52 Å². The summed E-state index contributed by atoms with van der Waals surface area (Å²) in [6, 6.07) is 10.6. The van der Waals surface area contributed by atoms with Crippen LogP contribution in [0.4, 0.5) is 0 Å². The molecule has 2 aromatic rings. The summed E-state index contributed by atoms with van der Waals surface area (Å²) < 4.78 is 0. The third kappa shape index (κ3) is 2.60. The molecule has 0 aliphatic rings. The highest BCUT2D eigenvalue weighted by atomic mass is 14.7. The first-order valence-corrected chi connectivity index (χ1v) is 6.05. The minimum atomic E-state index is 0.535. The van der Waals surface area contributed by atoms with Crippen LogP contribution in [0.25, 0.3) is 10.9 Å². The van der Waals surface area contributed by atoms with Crippen LogP contribution >= 0.6 is 0 Å². The van der Waals surface area contributed by atoms with Crippen LogP contribution in [0.3, 0.4) is 0 Å². The molecule has 0 saturated heterocycles. The Bertz CT molecular complexity index is 458. The molecular formula is C15H21N. The van der Waals surface area contributed by atoms with Gasteiger partial charge in [-0.15, -0.1) is 0 Å². The molecule has 0 saturated carbocycles. The second kappa shape index (κ2) is 5.64. The average molecular weight is 215 g/mol. The van der Waals surface area contributed by atoms with Crippen molar-refractivity contribution < 1.29 is 0 Å². The van der Waals surface area contributed by atoms with E-state index in [-0.39, 0.29) is 0 Å². The van der Waals surface area contributed by atoms with E-state index in [1.165, 1.54) is 10.9 Å². The van der Waals surface area contributed by atoms with Gasteiger partial charge in [-0.05, 0) is 24.5 Å². The van der Waals surface area contributed by atoms with Crippen molar-refractivity contribution >= 4 is 10.9 Å². The molecule has 0 bridgehead atoms. The molecule has 1 heteroatoms. The Morgan fingerprint density at radius 2 is 1.69 bits per heavy atom. The monoisotopic (exact) mass is 215 g/mol. The maximum Gasteiger partial charge on any atom is 0.0739 e. The molecule has 1 nitrogen and oxygen atoms in total. The predicted molar refractivity (Wildman–Crippen MR) is 71.9 cm³/mol. The number of para-hydroxylation sites is 1. The molecule has 0 spiro atoms. The number of hydrogen-bond donors (Lipinski definition) is 0. The summed E-state index contributed by atoms with van der Waals surface area (Å²) in [5.41, 5.74) is 3.58. The van der Waals surface area contributed by atoms with Crippen molar-refractivity contribution in [3.63, 3.8) is 0 Å². The number of nitrogens with zero attached hydrogens (tertiary/aromatic N) is 1. The fraction of sp³-hybridized carbons (Fsp3) is 0.400. The molecule has 2 rings (SSSR count). The summed E-state index contributed by atoms with van der Waals surface area (Å²) in [6.07, 6.45) is 0. The Labute approximate surface area is 98.5 Å². The highest BCUT2D eigenvalue weighted by Crippen LogP contribution is 2.23. The van der Waals surface area contributed by atoms with Gasteiger partial charge >= 0.3 is 0 Å². The predicted octanol–water partition coefficient (Wildman–Crippen LogP) is 4.69. The van der Waals surface area contributed by atoms with Crippen LogP contribution in [-0.4, -0.2) is 4.98 Å². The van der Waals surface area contributed by atoms with E-state index >= 15 is 0 Å². The molecule has 1 aromatic heterocycles. The summed E-state index contributed by atoms with van der Waals surface area (Å²) in [5, 5.41) is 1.24. The minimum Gasteiger partial charge on any atom is -0.253 e. The van der Waals surface area contributed by atoms with Crippen molar-refractivity contribution in [2.45, 2.75) is 40.5 Å². The van der Waals surface area contributed by atoms with Crippen molar-refractivity contribution in [3.8, 4) is 0 Å². The van der Waals surface area contributed by atoms with Crippen LogP contribution < -0.4 is 0 Å². The van der Waals surface area contributed by atoms with E-state index < -0.39 is 0 Å². The Hall–Kier alpha value is -1.37. The van der Waals surface area contributed by atoms with E-state index in [0.717, 1.165) is 11.2 Å². The molecule has 0 aliphatic carbocycles. The summed E-state index contributed by atoms with van der Waals surface area (Å²) in [4.78, 5) is 4.60. The van der Waals surface area contributed by atoms with Gasteiger partial charge in [0.2, 0.25) is 0 Å². The number of hydrogen-bond acceptors (Lipinski definition) is 1. The van der Waals surface area contributed by atoms with Gasteiger partial charge in [0.15, 0.2) is 0 Å². The van der Waals surface area contributed by atoms with Gasteiger partial charge in [-0.3, -0.25) is 4.98 Å². The van der Waals surface area contributed by atoms with Gasteiger partial charge < -0.3 is 0 Å². The Kier molecular flexibility index (Phi) is 4.48. The van der Waals surface area contributed by atoms with E-state index in [1.54, 1.807) is 0 Å². The molecule has 0 aliphatic heterocycles. The van der Waals surface area contributed by atoms with Crippen LogP contribution in [-0.2, 0) is 0 Å². The van der Waals surface area contributed by atoms with Crippen LogP contribution in [0.15, 0.2) is 30.3 Å². The summed E-state index contributed by atoms with van der Waals surface area (Å²) in [6.45, 7) is 10.5. The first-order valence-electron chi connectivity index (χ1n) is 6.05. The molecule has 16 heavy (non-hydrogen) atoms. The molecule has 86 valence electrons. The number of fused-ring (bicyclic) bond motifs is 1. The fourth-order valence-corrected chi connectivity index (χ4v) is 1.73. The lowest BCUT2D eigenvalue weighted by atomic mass is 10.00. The smallest absolute Gasteiger partial charge is 0.0739 e. The molecule has 0 amide bonds. The first-order chi connectivity index (χ1) is 7.68. The normalized spacial score (nSPS) is 10.1. The molecule has 0 unspecified atom stereocenters. The number of pyridine rings is 1. The Morgan fingerprint density at radius 3 is 2.31 bits per heavy atom. The topological polar surface area (TPSA) is 12.9 Å². The average Bonchev–Trinajstić information content (AvgIpc) is 2.30. The van der Waals surface area contributed by atoms with E-state index in [0.29, 0.717) is 5.92 Å². The van der Waals surface area contributed by atoms with E-state index in [4.69, 9.17) is 0 Å². The van der Waals surface area contributed by atoms with Gasteiger partial charge in [0.25, 0.3) is 0 Å². The zero-order valence-corrected chi connectivity index (χ0v) is 10.9. The number of rotatable bonds is 1. The minimum absolute atomic E-state index is 0.535. The van der Waals surface area contributed by atoms with Crippen LogP contribution in [0.1, 0.15) is 44.9 Å². The van der Waals surface area contributed by atoms with Crippen molar-refractivity contribution in [2.24, 2.45) is 0 Å². The zero-order chi connectivity index (χ0) is 12.1. The Balaban J connectivity index is 0.000000606. The third-order valence-corrected chi connectivity index (χ3v) is 2.51. The quantitative estimate of drug-likeness (QED) is 0.672. The van der Waals surface area contributed by atoms with E-state index in [9.17, 15) is 0 Å². The van der Waals surface area contributed by atoms with Gasteiger partial charge in [0, 0.05) is 11.1 Å². The highest BCUT2D eigenvalue weighted by molar-refractivity contribution is 5.82. The third-order valence-electron chi connectivity index (χ3n) is 2.51. The fourth-order valence-electron chi connectivity index (χ4n) is 1.73. The molecule has 1 aromatic carbocycles. The molecular weight excluding hydrogens is 194 g/mol. The number of benzene rings is 1. The van der Waals surface area contributed by atoms with Gasteiger partial charge in [0.1, 0.15) is 0 Å². The molecule has 0 fully saturated rings. The van der Waals surface area contributed by atoms with Gasteiger partial charge in [-0.2, -0.15) is 0 Å². The summed E-state index contributed by atoms with van der Waals surface area (Å²) in [7, 11) is 0. The van der Waals surface area contributed by atoms with Crippen molar-refractivity contribution in [3.05, 3.63) is 41.6 Å². The lowest BCUT2D eigenvalue weighted by Gasteiger charge is -2.09. The number of aryl methyl sites for hydroxylation is 1. The van der Waals surface area contributed by atoms with Crippen LogP contribution in [0.2, 0.25) is 0 Å². The van der Waals surface area contributed by atoms with E-state index in [1.807, 2.05) is 20.8 Å². The molecule has 1 heterocycles. The maximum absolute atomic E-state index is 4.60. The Morgan fingerprint density at radius 1 is 1.00 bits per heavy atom. The first kappa shape index (κ1) is 12.7. The van der Waals surface area contributed by atoms with Gasteiger partial charge in [-0.1, -0.05) is 52.0 Å². The second-order valence-electron chi connectivity index (χ2n) is 4.03. The lowest BCUT2D eigenvalue weighted by Crippen LogP contribution is -1.92. The lowest BCUT2D eigenvalue weighted by molar-refractivity contribution is 0.872. The van der Waals surface area contributed by atoms with Gasteiger partial charge in [-0.25, -0.2) is 0 Å². The molecule has 0 radical (unpaired) electrons. The van der Waals surface area contributed by atoms with Crippen molar-refractivity contribution in [1.82, 2.24) is 4.98 Å². The van der Waals surface area contributed by atoms with Crippen molar-refractivity contribution in [2.75, 3.05) is 0 Å². The largest absolute Gasteiger partial charge is 0.253 e. The summed E-state index contributed by atoms with van der Waals surface area (Å²) >= 11 is 0.